The molecule has 7 nitrogen and oxygen atoms in total. The lowest BCUT2D eigenvalue weighted by Gasteiger charge is -2.51. The fourth-order valence-corrected chi connectivity index (χ4v) is 7.74. The molecule has 1 amide bonds. The number of fused-ring (bicyclic) bond motifs is 6. The highest BCUT2D eigenvalue weighted by molar-refractivity contribution is 7.98. The number of carbonyl (C=O) groups excluding carboxylic acids is 1. The number of pyridine rings is 1. The third-order valence-electron chi connectivity index (χ3n) is 8.60. The molecule has 43 heavy (non-hydrogen) atoms. The fraction of sp³-hybridized carbons (Fsp3) is 0.200. The summed E-state index contributed by atoms with van der Waals surface area (Å²) in [5.41, 5.74) is 4.45. The number of rotatable bonds is 4. The third kappa shape index (κ3) is 4.32. The molecule has 4 aromatic carbocycles. The van der Waals surface area contributed by atoms with Crippen LogP contribution in [0.5, 0.6) is 5.75 Å². The van der Waals surface area contributed by atoms with Crippen LogP contribution in [-0.4, -0.2) is 41.4 Å². The predicted molar refractivity (Wildman–Crippen MR) is 167 cm³/mol. The largest absolute Gasteiger partial charge is 0.482 e. The van der Waals surface area contributed by atoms with Crippen molar-refractivity contribution in [2.75, 3.05) is 24.8 Å². The summed E-state index contributed by atoms with van der Waals surface area (Å²) in [7, 11) is 0. The monoisotopic (exact) mass is 587 g/mol. The summed E-state index contributed by atoms with van der Waals surface area (Å²) in [4.78, 5) is 30.6. The Balaban J connectivity index is 1.36. The van der Waals surface area contributed by atoms with Crippen molar-refractivity contribution in [3.8, 4) is 5.75 Å². The van der Waals surface area contributed by atoms with Crippen molar-refractivity contribution in [1.82, 2.24) is 9.58 Å². The first kappa shape index (κ1) is 26.1. The van der Waals surface area contributed by atoms with E-state index in [1.165, 1.54) is 32.9 Å². The maximum Gasteiger partial charge on any atom is 0.278 e. The average molecular weight is 588 g/mol. The first-order valence-corrected chi connectivity index (χ1v) is 15.5. The lowest BCUT2D eigenvalue weighted by atomic mass is 9.90. The lowest BCUT2D eigenvalue weighted by molar-refractivity contribution is -0.0199. The van der Waals surface area contributed by atoms with Gasteiger partial charge in [-0.25, -0.2) is 0 Å². The van der Waals surface area contributed by atoms with E-state index in [4.69, 9.17) is 9.47 Å². The molecule has 3 aliphatic heterocycles. The van der Waals surface area contributed by atoms with Gasteiger partial charge in [-0.05, 0) is 39.1 Å². The zero-order valence-corrected chi connectivity index (χ0v) is 24.2. The second kappa shape index (κ2) is 10.6. The van der Waals surface area contributed by atoms with Crippen molar-refractivity contribution in [1.29, 1.82) is 0 Å². The minimum atomic E-state index is -0.376. The molecule has 0 radical (unpaired) electrons. The van der Waals surface area contributed by atoms with Crippen LogP contribution in [0.4, 0.5) is 0 Å². The zero-order chi connectivity index (χ0) is 28.9. The molecular weight excluding hydrogens is 558 g/mol. The van der Waals surface area contributed by atoms with E-state index in [0.29, 0.717) is 19.8 Å². The summed E-state index contributed by atoms with van der Waals surface area (Å²) >= 11 is 1.83. The van der Waals surface area contributed by atoms with Gasteiger partial charge < -0.3 is 14.4 Å². The first-order chi connectivity index (χ1) is 21.2. The number of amides is 1. The van der Waals surface area contributed by atoms with Crippen molar-refractivity contribution in [3.63, 3.8) is 0 Å². The van der Waals surface area contributed by atoms with Crippen LogP contribution < -0.4 is 15.2 Å². The number of morpholine rings is 1. The smallest absolute Gasteiger partial charge is 0.278 e. The van der Waals surface area contributed by atoms with Crippen LogP contribution in [0.1, 0.15) is 38.8 Å². The molecule has 4 heterocycles. The molecule has 1 aromatic heterocycles. The molecule has 5 aromatic rings. The Bertz CT molecular complexity index is 1920. The predicted octanol–water partition coefficient (Wildman–Crippen LogP) is 5.73. The van der Waals surface area contributed by atoms with E-state index in [-0.39, 0.29) is 41.6 Å². The molecule has 0 N–H and O–H groups in total. The SMILES string of the molecule is O=C1c2c(OCc3ccccc3)c(=O)ccn2N(C2c3ccccc3SCc3c2ccc2ccccc32)C2COCCN12. The minimum absolute atomic E-state index is 0.0707. The highest BCUT2D eigenvalue weighted by Gasteiger charge is 2.46. The van der Waals surface area contributed by atoms with Gasteiger partial charge in [-0.2, -0.15) is 0 Å². The van der Waals surface area contributed by atoms with E-state index < -0.39 is 0 Å². The number of benzene rings is 4. The number of hydrogen-bond donors (Lipinski definition) is 0. The van der Waals surface area contributed by atoms with Gasteiger partial charge >= 0.3 is 0 Å². The topological polar surface area (TPSA) is 64.0 Å². The van der Waals surface area contributed by atoms with Crippen LogP contribution in [0.25, 0.3) is 10.8 Å². The van der Waals surface area contributed by atoms with Gasteiger partial charge in [0.2, 0.25) is 5.43 Å². The molecule has 0 spiro atoms. The van der Waals surface area contributed by atoms with E-state index in [9.17, 15) is 9.59 Å². The van der Waals surface area contributed by atoms with Gasteiger partial charge in [0.25, 0.3) is 5.91 Å². The van der Waals surface area contributed by atoms with Crippen molar-refractivity contribution in [2.24, 2.45) is 0 Å². The third-order valence-corrected chi connectivity index (χ3v) is 9.72. The van der Waals surface area contributed by atoms with Gasteiger partial charge in [-0.1, -0.05) is 84.9 Å². The van der Waals surface area contributed by atoms with Crippen molar-refractivity contribution < 1.29 is 14.3 Å². The number of thioether (sulfide) groups is 1. The van der Waals surface area contributed by atoms with E-state index in [1.807, 2.05) is 51.7 Å². The van der Waals surface area contributed by atoms with Crippen LogP contribution in [0.2, 0.25) is 0 Å². The number of aromatic nitrogens is 1. The average Bonchev–Trinajstić information content (AvgIpc) is 3.22. The Hall–Kier alpha value is -4.53. The zero-order valence-electron chi connectivity index (χ0n) is 23.4. The van der Waals surface area contributed by atoms with E-state index in [1.54, 1.807) is 6.20 Å². The van der Waals surface area contributed by atoms with Crippen molar-refractivity contribution in [3.05, 3.63) is 141 Å². The van der Waals surface area contributed by atoms with Gasteiger partial charge in [0.1, 0.15) is 12.8 Å². The van der Waals surface area contributed by atoms with Crippen LogP contribution in [0.3, 0.4) is 0 Å². The summed E-state index contributed by atoms with van der Waals surface area (Å²) in [5, 5.41) is 4.65. The minimum Gasteiger partial charge on any atom is -0.482 e. The van der Waals surface area contributed by atoms with Gasteiger partial charge in [0.05, 0.1) is 19.3 Å². The normalized spacial score (nSPS) is 19.2. The number of hydrogen-bond acceptors (Lipinski definition) is 6. The Labute approximate surface area is 253 Å². The molecule has 0 bridgehead atoms. The quantitative estimate of drug-likeness (QED) is 0.268. The van der Waals surface area contributed by atoms with Crippen LogP contribution in [-0.2, 0) is 17.1 Å². The molecule has 0 aliphatic carbocycles. The maximum absolute atomic E-state index is 14.2. The Morgan fingerprint density at radius 3 is 2.58 bits per heavy atom. The van der Waals surface area contributed by atoms with E-state index in [0.717, 1.165) is 16.9 Å². The molecule has 2 atom stereocenters. The van der Waals surface area contributed by atoms with Gasteiger partial charge in [-0.15, -0.1) is 11.8 Å². The molecule has 1 saturated heterocycles. The van der Waals surface area contributed by atoms with Crippen LogP contribution in [0, 0.1) is 0 Å². The van der Waals surface area contributed by atoms with Gasteiger partial charge in [0.15, 0.2) is 11.4 Å². The molecule has 8 rings (SSSR count). The molecular formula is C35H29N3O4S. The van der Waals surface area contributed by atoms with Crippen LogP contribution in [0.15, 0.2) is 113 Å². The fourth-order valence-electron chi connectivity index (χ4n) is 6.60. The Kier molecular flexibility index (Phi) is 6.46. The first-order valence-electron chi connectivity index (χ1n) is 14.5. The molecule has 0 saturated carbocycles. The second-order valence-electron chi connectivity index (χ2n) is 11.0. The Morgan fingerprint density at radius 1 is 0.860 bits per heavy atom. The standard InChI is InChI=1S/C35H29N3O4S/c39-29-16-17-37-33(34(29)42-20-23-8-2-1-3-9-23)35(40)36-18-19-41-21-31(36)38(37)32-26-15-14-24-10-4-5-11-25(24)28(26)22-43-30-13-7-6-12-27(30)32/h1-17,31-32H,18-22H2. The van der Waals surface area contributed by atoms with Crippen molar-refractivity contribution >= 4 is 28.4 Å². The highest BCUT2D eigenvalue weighted by Crippen LogP contribution is 2.46. The van der Waals surface area contributed by atoms with Crippen molar-refractivity contribution in [2.45, 2.75) is 29.5 Å². The number of ether oxygens (including phenoxy) is 2. The lowest BCUT2D eigenvalue weighted by Crippen LogP contribution is -2.66. The molecule has 1 fully saturated rings. The molecule has 3 aliphatic rings. The van der Waals surface area contributed by atoms with E-state index in [2.05, 4.69) is 65.7 Å². The molecule has 8 heteroatoms. The van der Waals surface area contributed by atoms with Gasteiger partial charge in [0, 0.05) is 29.5 Å². The molecule has 2 unspecified atom stereocenters. The Morgan fingerprint density at radius 2 is 1.67 bits per heavy atom. The van der Waals surface area contributed by atoms with Gasteiger partial charge in [-0.3, -0.25) is 19.3 Å². The highest BCUT2D eigenvalue weighted by atomic mass is 32.2. The molecule has 214 valence electrons. The maximum atomic E-state index is 14.2. The summed E-state index contributed by atoms with van der Waals surface area (Å²) in [6.45, 7) is 1.40. The van der Waals surface area contributed by atoms with Crippen LogP contribution >= 0.6 is 11.8 Å². The number of nitrogens with zero attached hydrogens (tertiary/aromatic N) is 3. The summed E-state index contributed by atoms with van der Waals surface area (Å²) in [6, 6.07) is 32.4. The summed E-state index contributed by atoms with van der Waals surface area (Å²) < 4.78 is 14.1. The van der Waals surface area contributed by atoms with E-state index >= 15 is 0 Å². The second-order valence-corrected chi connectivity index (χ2v) is 12.0. The number of carbonyl (C=O) groups is 1. The summed E-state index contributed by atoms with van der Waals surface area (Å²) in [6.07, 6.45) is 1.34. The summed E-state index contributed by atoms with van der Waals surface area (Å²) in [5.74, 6) is 0.672.